The van der Waals surface area contributed by atoms with Gasteiger partial charge in [0.1, 0.15) is 0 Å². The smallest absolute Gasteiger partial charge is 0.388 e. The van der Waals surface area contributed by atoms with Gasteiger partial charge >= 0.3 is 6.61 Å². The molecule has 0 unspecified atom stereocenters. The van der Waals surface area contributed by atoms with Crippen LogP contribution in [-0.2, 0) is 0 Å². The van der Waals surface area contributed by atoms with E-state index in [1.807, 2.05) is 30.3 Å². The first-order valence-corrected chi connectivity index (χ1v) is 6.01. The molecule has 0 atom stereocenters. The van der Waals surface area contributed by atoms with Crippen LogP contribution in [0, 0.1) is 0 Å². The molecule has 0 spiro atoms. The maximum absolute atomic E-state index is 12.5. The molecule has 0 aliphatic heterocycles. The maximum atomic E-state index is 12.5. The van der Waals surface area contributed by atoms with Crippen molar-refractivity contribution in [1.82, 2.24) is 9.97 Å². The van der Waals surface area contributed by atoms with Gasteiger partial charge in [0.15, 0.2) is 5.82 Å². The monoisotopic (exact) mass is 272 g/mol. The molecule has 1 heterocycles. The summed E-state index contributed by atoms with van der Waals surface area (Å²) in [6.45, 7) is -2.92. The zero-order valence-electron chi connectivity index (χ0n) is 10.3. The highest BCUT2D eigenvalue weighted by Crippen LogP contribution is 2.27. The molecule has 5 heteroatoms. The average Bonchev–Trinajstić information content (AvgIpc) is 2.47. The fraction of sp³-hybridized carbons (Fsp3) is 0.0667. The normalized spacial score (nSPS) is 10.9. The highest BCUT2D eigenvalue weighted by molar-refractivity contribution is 5.85. The number of para-hydroxylation sites is 1. The molecule has 0 aliphatic carbocycles. The minimum Gasteiger partial charge on any atom is -0.416 e. The quantitative estimate of drug-likeness (QED) is 0.725. The third kappa shape index (κ3) is 2.42. The molecule has 0 N–H and O–H groups in total. The van der Waals surface area contributed by atoms with Gasteiger partial charge in [-0.3, -0.25) is 0 Å². The molecule has 3 aromatic rings. The number of hydrogen-bond donors (Lipinski definition) is 0. The summed E-state index contributed by atoms with van der Waals surface area (Å²) in [6, 6.07) is 16.1. The van der Waals surface area contributed by atoms with Gasteiger partial charge in [-0.25, -0.2) is 4.98 Å². The van der Waals surface area contributed by atoms with E-state index in [1.54, 1.807) is 24.3 Å². The number of rotatable bonds is 3. The first-order chi connectivity index (χ1) is 9.74. The van der Waals surface area contributed by atoms with E-state index in [2.05, 4.69) is 14.7 Å². The van der Waals surface area contributed by atoms with E-state index in [4.69, 9.17) is 0 Å². The molecule has 3 nitrogen and oxygen atoms in total. The largest absolute Gasteiger partial charge is 0.416 e. The molecule has 0 bridgehead atoms. The lowest BCUT2D eigenvalue weighted by atomic mass is 10.2. The number of halogens is 2. The molecule has 0 aliphatic rings. The lowest BCUT2D eigenvalue weighted by molar-refractivity contribution is -0.0516. The SMILES string of the molecule is FC(F)Oc1nc(-c2ccccc2)nc2ccccc12. The molecule has 1 aromatic heterocycles. The topological polar surface area (TPSA) is 35.0 Å². The van der Waals surface area contributed by atoms with Crippen molar-refractivity contribution in [2.75, 3.05) is 0 Å². The summed E-state index contributed by atoms with van der Waals surface area (Å²) in [6.07, 6.45) is 0. The molecule has 0 amide bonds. The van der Waals surface area contributed by atoms with Crippen molar-refractivity contribution in [3.05, 3.63) is 54.6 Å². The summed E-state index contributed by atoms with van der Waals surface area (Å²) in [5.41, 5.74) is 1.31. The fourth-order valence-corrected chi connectivity index (χ4v) is 1.94. The number of ether oxygens (including phenoxy) is 1. The first-order valence-electron chi connectivity index (χ1n) is 6.01. The number of nitrogens with zero attached hydrogens (tertiary/aromatic N) is 2. The number of alkyl halides is 2. The third-order valence-electron chi connectivity index (χ3n) is 2.80. The van der Waals surface area contributed by atoms with Gasteiger partial charge < -0.3 is 4.74 Å². The Labute approximate surface area is 113 Å². The second kappa shape index (κ2) is 5.21. The van der Waals surface area contributed by atoms with Crippen molar-refractivity contribution in [1.29, 1.82) is 0 Å². The standard InChI is InChI=1S/C15H10F2N2O/c16-15(17)20-14-11-8-4-5-9-12(11)18-13(19-14)10-6-2-1-3-7-10/h1-9,15H. The average molecular weight is 272 g/mol. The Morgan fingerprint density at radius 1 is 0.850 bits per heavy atom. The molecule has 0 saturated carbocycles. The second-order valence-electron chi connectivity index (χ2n) is 4.11. The van der Waals surface area contributed by atoms with Crippen LogP contribution in [0.25, 0.3) is 22.3 Å². The molecule has 20 heavy (non-hydrogen) atoms. The number of aromatic nitrogens is 2. The minimum atomic E-state index is -2.92. The van der Waals surface area contributed by atoms with Crippen molar-refractivity contribution < 1.29 is 13.5 Å². The van der Waals surface area contributed by atoms with Gasteiger partial charge in [0.2, 0.25) is 5.88 Å². The van der Waals surface area contributed by atoms with Crippen molar-refractivity contribution in [2.24, 2.45) is 0 Å². The molecule has 2 aromatic carbocycles. The van der Waals surface area contributed by atoms with Crippen molar-refractivity contribution in [2.45, 2.75) is 6.61 Å². The van der Waals surface area contributed by atoms with E-state index < -0.39 is 6.61 Å². The van der Waals surface area contributed by atoms with Crippen molar-refractivity contribution >= 4 is 10.9 Å². The van der Waals surface area contributed by atoms with E-state index in [0.717, 1.165) is 5.56 Å². The third-order valence-corrected chi connectivity index (χ3v) is 2.80. The summed E-state index contributed by atoms with van der Waals surface area (Å²) < 4.78 is 29.5. The van der Waals surface area contributed by atoms with Crippen LogP contribution in [0.5, 0.6) is 5.88 Å². The molecule has 0 fully saturated rings. The fourth-order valence-electron chi connectivity index (χ4n) is 1.94. The Bertz CT molecular complexity index is 732. The Morgan fingerprint density at radius 2 is 1.55 bits per heavy atom. The van der Waals surface area contributed by atoms with E-state index in [1.165, 1.54) is 0 Å². The van der Waals surface area contributed by atoms with Gasteiger partial charge in [-0.15, -0.1) is 0 Å². The van der Waals surface area contributed by atoms with Crippen molar-refractivity contribution in [3.63, 3.8) is 0 Å². The van der Waals surface area contributed by atoms with Crippen LogP contribution in [0.3, 0.4) is 0 Å². The van der Waals surface area contributed by atoms with Crippen molar-refractivity contribution in [3.8, 4) is 17.3 Å². The number of benzene rings is 2. The predicted molar refractivity (Wildman–Crippen MR) is 71.6 cm³/mol. The van der Waals surface area contributed by atoms with Crippen LogP contribution in [0.4, 0.5) is 8.78 Å². The van der Waals surface area contributed by atoms with E-state index in [-0.39, 0.29) is 5.88 Å². The molecular formula is C15H10F2N2O. The van der Waals surface area contributed by atoms with Crippen LogP contribution in [0.15, 0.2) is 54.6 Å². The van der Waals surface area contributed by atoms with Crippen LogP contribution in [0.1, 0.15) is 0 Å². The highest BCUT2D eigenvalue weighted by atomic mass is 19.3. The Hall–Kier alpha value is -2.56. The molecular weight excluding hydrogens is 262 g/mol. The lowest BCUT2D eigenvalue weighted by Gasteiger charge is -2.09. The first kappa shape index (κ1) is 12.5. The molecule has 100 valence electrons. The number of hydrogen-bond acceptors (Lipinski definition) is 3. The predicted octanol–water partition coefficient (Wildman–Crippen LogP) is 3.90. The minimum absolute atomic E-state index is 0.107. The summed E-state index contributed by atoms with van der Waals surface area (Å²) in [5.74, 6) is 0.254. The zero-order valence-corrected chi connectivity index (χ0v) is 10.3. The lowest BCUT2D eigenvalue weighted by Crippen LogP contribution is -2.05. The van der Waals surface area contributed by atoms with Crippen LogP contribution in [-0.4, -0.2) is 16.6 Å². The Morgan fingerprint density at radius 3 is 2.30 bits per heavy atom. The molecule has 0 radical (unpaired) electrons. The number of fused-ring (bicyclic) bond motifs is 1. The van der Waals surface area contributed by atoms with Gasteiger partial charge in [0.05, 0.1) is 10.9 Å². The van der Waals surface area contributed by atoms with Crippen LogP contribution in [0.2, 0.25) is 0 Å². The molecule has 0 saturated heterocycles. The van der Waals surface area contributed by atoms with Gasteiger partial charge in [-0.05, 0) is 12.1 Å². The zero-order chi connectivity index (χ0) is 13.9. The van der Waals surface area contributed by atoms with E-state index >= 15 is 0 Å². The maximum Gasteiger partial charge on any atom is 0.388 e. The molecule has 3 rings (SSSR count). The van der Waals surface area contributed by atoms with E-state index in [9.17, 15) is 8.78 Å². The van der Waals surface area contributed by atoms with Crippen LogP contribution < -0.4 is 4.74 Å². The summed E-state index contributed by atoms with van der Waals surface area (Å²) in [5, 5.41) is 0.465. The summed E-state index contributed by atoms with van der Waals surface area (Å²) in [4.78, 5) is 8.48. The Balaban J connectivity index is 2.20. The Kier molecular flexibility index (Phi) is 3.25. The van der Waals surface area contributed by atoms with Gasteiger partial charge in [0, 0.05) is 5.56 Å². The van der Waals surface area contributed by atoms with Gasteiger partial charge in [0.25, 0.3) is 0 Å². The second-order valence-corrected chi connectivity index (χ2v) is 4.11. The highest BCUT2D eigenvalue weighted by Gasteiger charge is 2.13. The van der Waals surface area contributed by atoms with E-state index in [0.29, 0.717) is 16.7 Å². The van der Waals surface area contributed by atoms with Gasteiger partial charge in [-0.1, -0.05) is 42.5 Å². The van der Waals surface area contributed by atoms with Gasteiger partial charge in [-0.2, -0.15) is 13.8 Å². The van der Waals surface area contributed by atoms with Crippen LogP contribution >= 0.6 is 0 Å². The summed E-state index contributed by atoms with van der Waals surface area (Å²) in [7, 11) is 0. The summed E-state index contributed by atoms with van der Waals surface area (Å²) >= 11 is 0.